The van der Waals surface area contributed by atoms with Gasteiger partial charge in [-0.05, 0) is 31.9 Å². The number of ether oxygens (including phenoxy) is 1. The van der Waals surface area contributed by atoms with Gasteiger partial charge in [-0.1, -0.05) is 25.0 Å². The predicted octanol–water partition coefficient (Wildman–Crippen LogP) is 2.86. The number of nitrogens with two attached hydrogens (primary N) is 1. The predicted molar refractivity (Wildman–Crippen MR) is 77.5 cm³/mol. The second kappa shape index (κ2) is 5.53. The van der Waals surface area contributed by atoms with Crippen molar-refractivity contribution >= 4 is 5.69 Å². The minimum absolute atomic E-state index is 0.408. The zero-order valence-corrected chi connectivity index (χ0v) is 11.7. The van der Waals surface area contributed by atoms with Crippen LogP contribution in [0.1, 0.15) is 43.4 Å². The highest BCUT2D eigenvalue weighted by molar-refractivity contribution is 5.51. The van der Waals surface area contributed by atoms with E-state index in [2.05, 4.69) is 14.8 Å². The molecule has 2 N–H and O–H groups in total. The number of nitrogens with zero attached hydrogens (tertiary/aromatic N) is 3. The number of benzene rings is 1. The van der Waals surface area contributed by atoms with Gasteiger partial charge in [0.25, 0.3) is 0 Å². The molecule has 1 fully saturated rings. The standard InChI is InChI=1S/C15H20N4O/c1-11-17-18-15(19(11)12-6-2-3-7-12)10-20-14-9-5-4-8-13(14)16/h4-5,8-9,12H,2-3,6-7,10,16H2,1H3. The molecule has 1 heterocycles. The first-order chi connectivity index (χ1) is 9.75. The lowest BCUT2D eigenvalue weighted by Crippen LogP contribution is -2.13. The summed E-state index contributed by atoms with van der Waals surface area (Å²) < 4.78 is 8.02. The molecule has 0 unspecified atom stereocenters. The molecule has 1 aliphatic carbocycles. The van der Waals surface area contributed by atoms with Gasteiger partial charge < -0.3 is 15.0 Å². The monoisotopic (exact) mass is 272 g/mol. The van der Waals surface area contributed by atoms with Gasteiger partial charge in [-0.25, -0.2) is 0 Å². The van der Waals surface area contributed by atoms with E-state index in [9.17, 15) is 0 Å². The molecule has 20 heavy (non-hydrogen) atoms. The highest BCUT2D eigenvalue weighted by Crippen LogP contribution is 2.31. The van der Waals surface area contributed by atoms with Crippen LogP contribution < -0.4 is 10.5 Å². The van der Waals surface area contributed by atoms with E-state index in [1.807, 2.05) is 31.2 Å². The Hall–Kier alpha value is -2.04. The first-order valence-electron chi connectivity index (χ1n) is 7.13. The molecule has 0 aliphatic heterocycles. The number of hydrogen-bond donors (Lipinski definition) is 1. The zero-order valence-electron chi connectivity index (χ0n) is 11.7. The van der Waals surface area contributed by atoms with Crippen LogP contribution in [0.5, 0.6) is 5.75 Å². The molecule has 106 valence electrons. The molecular formula is C15H20N4O. The minimum Gasteiger partial charge on any atom is -0.483 e. The molecule has 0 radical (unpaired) electrons. The Morgan fingerprint density at radius 1 is 1.25 bits per heavy atom. The molecule has 1 aromatic heterocycles. The van der Waals surface area contributed by atoms with Gasteiger partial charge in [0.2, 0.25) is 0 Å². The van der Waals surface area contributed by atoms with Crippen molar-refractivity contribution in [1.29, 1.82) is 0 Å². The molecule has 1 aromatic carbocycles. The zero-order chi connectivity index (χ0) is 13.9. The summed E-state index contributed by atoms with van der Waals surface area (Å²) in [5, 5.41) is 8.45. The van der Waals surface area contributed by atoms with E-state index in [0.29, 0.717) is 24.1 Å². The summed E-state index contributed by atoms with van der Waals surface area (Å²) in [6.45, 7) is 2.41. The Kier molecular flexibility index (Phi) is 3.58. The average Bonchev–Trinajstić information content (AvgIpc) is 3.07. The van der Waals surface area contributed by atoms with Gasteiger partial charge in [0.1, 0.15) is 18.2 Å². The quantitative estimate of drug-likeness (QED) is 0.869. The molecule has 0 bridgehead atoms. The molecule has 0 saturated heterocycles. The SMILES string of the molecule is Cc1nnc(COc2ccccc2N)n1C1CCCC1. The van der Waals surface area contributed by atoms with Gasteiger partial charge >= 0.3 is 0 Å². The average molecular weight is 272 g/mol. The first kappa shape index (κ1) is 13.0. The first-order valence-corrected chi connectivity index (χ1v) is 7.13. The summed E-state index contributed by atoms with van der Waals surface area (Å²) in [4.78, 5) is 0. The fraction of sp³-hybridized carbons (Fsp3) is 0.467. The number of nitrogen functional groups attached to an aromatic ring is 1. The smallest absolute Gasteiger partial charge is 0.171 e. The lowest BCUT2D eigenvalue weighted by Gasteiger charge is -2.16. The molecular weight excluding hydrogens is 252 g/mol. The van der Waals surface area contributed by atoms with Gasteiger partial charge in [-0.15, -0.1) is 10.2 Å². The fourth-order valence-electron chi connectivity index (χ4n) is 2.90. The van der Waals surface area contributed by atoms with Crippen LogP contribution in [0, 0.1) is 6.92 Å². The molecule has 0 spiro atoms. The Morgan fingerprint density at radius 3 is 2.75 bits per heavy atom. The van der Waals surface area contributed by atoms with Crippen LogP contribution in [-0.4, -0.2) is 14.8 Å². The van der Waals surface area contributed by atoms with Crippen LogP contribution in [0.2, 0.25) is 0 Å². The third-order valence-electron chi connectivity index (χ3n) is 3.90. The van der Waals surface area contributed by atoms with E-state index in [1.54, 1.807) is 0 Å². The fourth-order valence-corrected chi connectivity index (χ4v) is 2.90. The lowest BCUT2D eigenvalue weighted by atomic mass is 10.2. The van der Waals surface area contributed by atoms with Gasteiger partial charge in [0, 0.05) is 6.04 Å². The minimum atomic E-state index is 0.408. The van der Waals surface area contributed by atoms with E-state index < -0.39 is 0 Å². The summed E-state index contributed by atoms with van der Waals surface area (Å²) in [5.74, 6) is 2.56. The molecule has 1 aliphatic rings. The lowest BCUT2D eigenvalue weighted by molar-refractivity contribution is 0.284. The van der Waals surface area contributed by atoms with Crippen molar-refractivity contribution in [3.63, 3.8) is 0 Å². The van der Waals surface area contributed by atoms with E-state index in [1.165, 1.54) is 25.7 Å². The van der Waals surface area contributed by atoms with Gasteiger partial charge in [-0.2, -0.15) is 0 Å². The van der Waals surface area contributed by atoms with Crippen molar-refractivity contribution in [1.82, 2.24) is 14.8 Å². The Balaban J connectivity index is 1.76. The number of para-hydroxylation sites is 2. The third-order valence-corrected chi connectivity index (χ3v) is 3.90. The highest BCUT2D eigenvalue weighted by Gasteiger charge is 2.22. The maximum atomic E-state index is 5.88. The molecule has 5 heteroatoms. The third kappa shape index (κ3) is 2.48. The summed E-state index contributed by atoms with van der Waals surface area (Å²) in [6.07, 6.45) is 4.99. The van der Waals surface area contributed by atoms with Crippen molar-refractivity contribution in [2.45, 2.75) is 45.3 Å². The van der Waals surface area contributed by atoms with Crippen LogP contribution >= 0.6 is 0 Å². The van der Waals surface area contributed by atoms with E-state index >= 15 is 0 Å². The van der Waals surface area contributed by atoms with Crippen molar-refractivity contribution in [3.8, 4) is 5.75 Å². The maximum absolute atomic E-state index is 5.88. The summed E-state index contributed by atoms with van der Waals surface area (Å²) in [7, 11) is 0. The summed E-state index contributed by atoms with van der Waals surface area (Å²) in [5.41, 5.74) is 6.53. The number of aryl methyl sites for hydroxylation is 1. The normalized spacial score (nSPS) is 15.7. The van der Waals surface area contributed by atoms with Gasteiger partial charge in [0.15, 0.2) is 5.82 Å². The van der Waals surface area contributed by atoms with Gasteiger partial charge in [0.05, 0.1) is 5.69 Å². The molecule has 2 aromatic rings. The van der Waals surface area contributed by atoms with E-state index in [0.717, 1.165) is 11.6 Å². The van der Waals surface area contributed by atoms with Crippen LogP contribution in [0.15, 0.2) is 24.3 Å². The number of rotatable bonds is 4. The van der Waals surface area contributed by atoms with Crippen LogP contribution in [-0.2, 0) is 6.61 Å². The highest BCUT2D eigenvalue weighted by atomic mass is 16.5. The van der Waals surface area contributed by atoms with Crippen molar-refractivity contribution in [2.24, 2.45) is 0 Å². The topological polar surface area (TPSA) is 66.0 Å². The Labute approximate surface area is 118 Å². The molecule has 3 rings (SSSR count). The molecule has 5 nitrogen and oxygen atoms in total. The van der Waals surface area contributed by atoms with Crippen molar-refractivity contribution in [3.05, 3.63) is 35.9 Å². The Bertz CT molecular complexity index is 587. The Morgan fingerprint density at radius 2 is 2.00 bits per heavy atom. The maximum Gasteiger partial charge on any atom is 0.171 e. The largest absolute Gasteiger partial charge is 0.483 e. The van der Waals surface area contributed by atoms with Gasteiger partial charge in [-0.3, -0.25) is 0 Å². The molecule has 0 amide bonds. The summed E-state index contributed by atoms with van der Waals surface area (Å²) >= 11 is 0. The number of aromatic nitrogens is 3. The number of anilines is 1. The summed E-state index contributed by atoms with van der Waals surface area (Å²) in [6, 6.07) is 8.05. The van der Waals surface area contributed by atoms with Crippen molar-refractivity contribution in [2.75, 3.05) is 5.73 Å². The van der Waals surface area contributed by atoms with E-state index in [-0.39, 0.29) is 0 Å². The second-order valence-corrected chi connectivity index (χ2v) is 5.30. The van der Waals surface area contributed by atoms with Crippen LogP contribution in [0.3, 0.4) is 0 Å². The second-order valence-electron chi connectivity index (χ2n) is 5.30. The van der Waals surface area contributed by atoms with E-state index in [4.69, 9.17) is 10.5 Å². The van der Waals surface area contributed by atoms with Crippen molar-refractivity contribution < 1.29 is 4.74 Å². The van der Waals surface area contributed by atoms with Crippen LogP contribution in [0.25, 0.3) is 0 Å². The molecule has 1 saturated carbocycles. The number of hydrogen-bond acceptors (Lipinski definition) is 4. The molecule has 0 atom stereocenters. The van der Waals surface area contributed by atoms with Crippen LogP contribution in [0.4, 0.5) is 5.69 Å².